The lowest BCUT2D eigenvalue weighted by atomic mass is 9.73. The van der Waals surface area contributed by atoms with Crippen LogP contribution in [0.2, 0.25) is 0 Å². The van der Waals surface area contributed by atoms with Gasteiger partial charge in [-0.25, -0.2) is 4.98 Å². The SMILES string of the molecule is CC(Cn1ccnc1)NC(=O)C1(CN)CCCCC1. The Balaban J connectivity index is 1.91. The second-order valence-electron chi connectivity index (χ2n) is 5.68. The lowest BCUT2D eigenvalue weighted by molar-refractivity contribution is -0.133. The van der Waals surface area contributed by atoms with E-state index in [9.17, 15) is 4.79 Å². The number of nitrogens with zero attached hydrogens (tertiary/aromatic N) is 2. The summed E-state index contributed by atoms with van der Waals surface area (Å²) in [5, 5.41) is 3.11. The van der Waals surface area contributed by atoms with E-state index in [1.165, 1.54) is 6.42 Å². The molecule has 0 aromatic carbocycles. The van der Waals surface area contributed by atoms with E-state index in [1.54, 1.807) is 12.5 Å². The third-order valence-corrected chi connectivity index (χ3v) is 4.10. The second-order valence-corrected chi connectivity index (χ2v) is 5.68. The molecule has 1 fully saturated rings. The molecule has 2 rings (SSSR count). The highest BCUT2D eigenvalue weighted by Crippen LogP contribution is 2.35. The summed E-state index contributed by atoms with van der Waals surface area (Å²) in [6.45, 7) is 3.22. The number of hydrogen-bond acceptors (Lipinski definition) is 3. The summed E-state index contributed by atoms with van der Waals surface area (Å²) in [5.41, 5.74) is 5.54. The van der Waals surface area contributed by atoms with Crippen LogP contribution in [-0.2, 0) is 11.3 Å². The molecule has 0 radical (unpaired) electrons. The molecular formula is C14H24N4O. The van der Waals surface area contributed by atoms with Gasteiger partial charge in [0.2, 0.25) is 5.91 Å². The van der Waals surface area contributed by atoms with Crippen LogP contribution in [-0.4, -0.2) is 28.0 Å². The minimum Gasteiger partial charge on any atom is -0.351 e. The fourth-order valence-electron chi connectivity index (χ4n) is 2.89. The maximum atomic E-state index is 12.5. The van der Waals surface area contributed by atoms with E-state index in [0.717, 1.165) is 32.2 Å². The predicted molar refractivity (Wildman–Crippen MR) is 74.4 cm³/mol. The van der Waals surface area contributed by atoms with Crippen LogP contribution >= 0.6 is 0 Å². The van der Waals surface area contributed by atoms with Crippen molar-refractivity contribution in [3.63, 3.8) is 0 Å². The summed E-state index contributed by atoms with van der Waals surface area (Å²) in [4.78, 5) is 16.5. The van der Waals surface area contributed by atoms with Crippen LogP contribution in [0.5, 0.6) is 0 Å². The zero-order valence-corrected chi connectivity index (χ0v) is 11.6. The predicted octanol–water partition coefficient (Wildman–Crippen LogP) is 1.30. The Morgan fingerprint density at radius 1 is 1.47 bits per heavy atom. The largest absolute Gasteiger partial charge is 0.351 e. The number of aromatic nitrogens is 2. The molecule has 5 heteroatoms. The third-order valence-electron chi connectivity index (χ3n) is 4.10. The number of amides is 1. The number of nitrogens with two attached hydrogens (primary N) is 1. The molecule has 1 amide bonds. The van der Waals surface area contributed by atoms with E-state index >= 15 is 0 Å². The Morgan fingerprint density at radius 2 is 2.21 bits per heavy atom. The molecular weight excluding hydrogens is 240 g/mol. The zero-order chi connectivity index (χ0) is 13.7. The molecule has 0 bridgehead atoms. The summed E-state index contributed by atoms with van der Waals surface area (Å²) < 4.78 is 1.97. The van der Waals surface area contributed by atoms with Gasteiger partial charge in [0, 0.05) is 31.5 Å². The summed E-state index contributed by atoms with van der Waals surface area (Å²) >= 11 is 0. The Bertz CT molecular complexity index is 396. The Labute approximate surface area is 114 Å². The monoisotopic (exact) mass is 264 g/mol. The first kappa shape index (κ1) is 14.1. The van der Waals surface area contributed by atoms with Gasteiger partial charge in [0.05, 0.1) is 11.7 Å². The Kier molecular flexibility index (Phi) is 4.58. The van der Waals surface area contributed by atoms with Crippen molar-refractivity contribution in [1.82, 2.24) is 14.9 Å². The summed E-state index contributed by atoms with van der Waals surface area (Å²) in [6, 6.07) is 0.0899. The van der Waals surface area contributed by atoms with Gasteiger partial charge in [0.25, 0.3) is 0 Å². The van der Waals surface area contributed by atoms with Gasteiger partial charge < -0.3 is 15.6 Å². The van der Waals surface area contributed by atoms with Crippen LogP contribution in [0.3, 0.4) is 0 Å². The molecule has 5 nitrogen and oxygen atoms in total. The van der Waals surface area contributed by atoms with Crippen LogP contribution in [0.1, 0.15) is 39.0 Å². The van der Waals surface area contributed by atoms with Crippen LogP contribution in [0, 0.1) is 5.41 Å². The molecule has 1 saturated carbocycles. The van der Waals surface area contributed by atoms with Gasteiger partial charge in [0.15, 0.2) is 0 Å². The van der Waals surface area contributed by atoms with Crippen LogP contribution in [0.15, 0.2) is 18.7 Å². The smallest absolute Gasteiger partial charge is 0.227 e. The molecule has 19 heavy (non-hydrogen) atoms. The number of rotatable bonds is 5. The molecule has 1 heterocycles. The van der Waals surface area contributed by atoms with E-state index < -0.39 is 0 Å². The first-order valence-corrected chi connectivity index (χ1v) is 7.13. The lowest BCUT2D eigenvalue weighted by Crippen LogP contribution is -2.50. The zero-order valence-electron chi connectivity index (χ0n) is 11.6. The Morgan fingerprint density at radius 3 is 2.79 bits per heavy atom. The number of carbonyl (C=O) groups excluding carboxylic acids is 1. The highest BCUT2D eigenvalue weighted by molar-refractivity contribution is 5.83. The van der Waals surface area contributed by atoms with Gasteiger partial charge in [-0.05, 0) is 19.8 Å². The average molecular weight is 264 g/mol. The lowest BCUT2D eigenvalue weighted by Gasteiger charge is -2.35. The molecule has 1 aromatic rings. The van der Waals surface area contributed by atoms with Crippen molar-refractivity contribution in [2.75, 3.05) is 6.54 Å². The molecule has 1 unspecified atom stereocenters. The molecule has 1 atom stereocenters. The van der Waals surface area contributed by atoms with Gasteiger partial charge in [-0.3, -0.25) is 4.79 Å². The van der Waals surface area contributed by atoms with Gasteiger partial charge in [-0.15, -0.1) is 0 Å². The van der Waals surface area contributed by atoms with Crippen molar-refractivity contribution in [1.29, 1.82) is 0 Å². The maximum absolute atomic E-state index is 12.5. The van der Waals surface area contributed by atoms with Crippen molar-refractivity contribution in [2.24, 2.45) is 11.1 Å². The van der Waals surface area contributed by atoms with Crippen molar-refractivity contribution in [3.8, 4) is 0 Å². The molecule has 0 saturated heterocycles. The number of nitrogens with one attached hydrogen (secondary N) is 1. The van der Waals surface area contributed by atoms with Crippen LogP contribution in [0.25, 0.3) is 0 Å². The van der Waals surface area contributed by atoms with Gasteiger partial charge in [-0.2, -0.15) is 0 Å². The molecule has 1 aliphatic carbocycles. The topological polar surface area (TPSA) is 72.9 Å². The minimum atomic E-state index is -0.332. The van der Waals surface area contributed by atoms with E-state index in [1.807, 2.05) is 17.7 Å². The van der Waals surface area contributed by atoms with Crippen molar-refractivity contribution in [3.05, 3.63) is 18.7 Å². The molecule has 1 aliphatic rings. The molecule has 1 aromatic heterocycles. The van der Waals surface area contributed by atoms with Crippen molar-refractivity contribution >= 4 is 5.91 Å². The highest BCUT2D eigenvalue weighted by Gasteiger charge is 2.38. The molecule has 0 aliphatic heterocycles. The van der Waals surface area contributed by atoms with Crippen molar-refractivity contribution in [2.45, 2.75) is 51.6 Å². The summed E-state index contributed by atoms with van der Waals surface area (Å²) in [5.74, 6) is 0.127. The fourth-order valence-corrected chi connectivity index (χ4v) is 2.89. The van der Waals surface area contributed by atoms with Gasteiger partial charge >= 0.3 is 0 Å². The summed E-state index contributed by atoms with van der Waals surface area (Å²) in [6.07, 6.45) is 10.7. The second kappa shape index (κ2) is 6.19. The first-order valence-electron chi connectivity index (χ1n) is 7.13. The van der Waals surface area contributed by atoms with E-state index in [2.05, 4.69) is 10.3 Å². The number of hydrogen-bond donors (Lipinski definition) is 2. The molecule has 106 valence electrons. The quantitative estimate of drug-likeness (QED) is 0.842. The molecule has 3 N–H and O–H groups in total. The fraction of sp³-hybridized carbons (Fsp3) is 0.714. The minimum absolute atomic E-state index is 0.0899. The number of imidazole rings is 1. The first-order chi connectivity index (χ1) is 9.16. The average Bonchev–Trinajstić information content (AvgIpc) is 2.92. The standard InChI is InChI=1S/C14H24N4O/c1-12(9-18-8-7-16-11-18)17-13(19)14(10-15)5-3-2-4-6-14/h7-8,11-12H,2-6,9-10,15H2,1H3,(H,17,19). The normalized spacial score (nSPS) is 19.9. The van der Waals surface area contributed by atoms with Crippen LogP contribution < -0.4 is 11.1 Å². The van der Waals surface area contributed by atoms with E-state index in [-0.39, 0.29) is 17.4 Å². The van der Waals surface area contributed by atoms with Gasteiger partial charge in [-0.1, -0.05) is 19.3 Å². The molecule has 0 spiro atoms. The van der Waals surface area contributed by atoms with E-state index in [0.29, 0.717) is 6.54 Å². The maximum Gasteiger partial charge on any atom is 0.227 e. The van der Waals surface area contributed by atoms with Crippen LogP contribution in [0.4, 0.5) is 0 Å². The van der Waals surface area contributed by atoms with Crippen molar-refractivity contribution < 1.29 is 4.79 Å². The summed E-state index contributed by atoms with van der Waals surface area (Å²) in [7, 11) is 0. The van der Waals surface area contributed by atoms with E-state index in [4.69, 9.17) is 5.73 Å². The third kappa shape index (κ3) is 3.35. The Hall–Kier alpha value is -1.36. The highest BCUT2D eigenvalue weighted by atomic mass is 16.2. The number of carbonyl (C=O) groups is 1. The van der Waals surface area contributed by atoms with Gasteiger partial charge in [0.1, 0.15) is 0 Å².